The highest BCUT2D eigenvalue weighted by atomic mass is 35.5. The molecule has 1 heterocycles. The number of fused-ring (bicyclic) bond motifs is 1. The van der Waals surface area contributed by atoms with Crippen LogP contribution in [0, 0.1) is 0 Å². The molecule has 1 atom stereocenters. The summed E-state index contributed by atoms with van der Waals surface area (Å²) in [5.41, 5.74) is 0.407. The number of halogens is 1. The third-order valence-corrected chi connectivity index (χ3v) is 3.47. The summed E-state index contributed by atoms with van der Waals surface area (Å²) in [4.78, 5) is 23.5. The summed E-state index contributed by atoms with van der Waals surface area (Å²) in [6.45, 7) is 2.22. The number of rotatable bonds is 4. The monoisotopic (exact) mass is 299 g/mol. The fourth-order valence-corrected chi connectivity index (χ4v) is 2.35. The van der Waals surface area contributed by atoms with Gasteiger partial charge < -0.3 is 19.5 Å². The molecule has 108 valence electrons. The molecule has 20 heavy (non-hydrogen) atoms. The van der Waals surface area contributed by atoms with Gasteiger partial charge in [-0.25, -0.2) is 0 Å². The largest absolute Gasteiger partial charge is 0.506 e. The minimum atomic E-state index is -1.03. The van der Waals surface area contributed by atoms with Crippen molar-refractivity contribution in [1.29, 1.82) is 0 Å². The van der Waals surface area contributed by atoms with Crippen LogP contribution in [0.1, 0.15) is 34.6 Å². The van der Waals surface area contributed by atoms with Gasteiger partial charge >= 0.3 is 0 Å². The number of hydrogen-bond donors (Lipinski definition) is 2. The van der Waals surface area contributed by atoms with E-state index in [1.165, 1.54) is 10.8 Å². The van der Waals surface area contributed by atoms with Crippen LogP contribution in [0.3, 0.4) is 0 Å². The number of aliphatic hydroxyl groups excluding tert-OH is 2. The molecule has 0 aliphatic heterocycles. The lowest BCUT2D eigenvalue weighted by Crippen LogP contribution is -2.24. The molecule has 0 spiro atoms. The van der Waals surface area contributed by atoms with Gasteiger partial charge in [0.15, 0.2) is 0 Å². The molecule has 1 aliphatic carbocycles. The summed E-state index contributed by atoms with van der Waals surface area (Å²) in [6.07, 6.45) is 0.447. The van der Waals surface area contributed by atoms with Gasteiger partial charge in [0.25, 0.3) is 5.78 Å². The van der Waals surface area contributed by atoms with Gasteiger partial charge in [-0.15, -0.1) is 0 Å². The zero-order chi connectivity index (χ0) is 15.0. The molecule has 7 heteroatoms. The maximum absolute atomic E-state index is 11.9. The molecule has 0 fully saturated rings. The van der Waals surface area contributed by atoms with E-state index in [2.05, 4.69) is 0 Å². The number of nitrogens with zero attached hydrogens (tertiary/aromatic N) is 1. The van der Waals surface area contributed by atoms with E-state index in [1.807, 2.05) is 0 Å². The second-order valence-corrected chi connectivity index (χ2v) is 4.79. The number of hydrogen-bond acceptors (Lipinski definition) is 5. The first-order valence-electron chi connectivity index (χ1n) is 6.03. The van der Waals surface area contributed by atoms with Gasteiger partial charge in [0.05, 0.1) is 12.2 Å². The lowest BCUT2D eigenvalue weighted by molar-refractivity contribution is -0.111. The van der Waals surface area contributed by atoms with Gasteiger partial charge in [-0.1, -0.05) is 11.6 Å². The Morgan fingerprint density at radius 2 is 2.05 bits per heavy atom. The summed E-state index contributed by atoms with van der Waals surface area (Å²) in [5, 5.41) is 19.5. The van der Waals surface area contributed by atoms with Crippen LogP contribution in [0.2, 0.25) is 0 Å². The number of allylic oxidation sites excluding steroid dienone is 1. The van der Waals surface area contributed by atoms with Gasteiger partial charge in [-0.3, -0.25) is 9.59 Å². The summed E-state index contributed by atoms with van der Waals surface area (Å²) in [6, 6.07) is 0. The van der Waals surface area contributed by atoms with E-state index in [-0.39, 0.29) is 17.9 Å². The molecular weight excluding hydrogens is 286 g/mol. The van der Waals surface area contributed by atoms with Crippen LogP contribution >= 0.6 is 11.6 Å². The average molecular weight is 300 g/mol. The zero-order valence-electron chi connectivity index (χ0n) is 11.0. The summed E-state index contributed by atoms with van der Waals surface area (Å²) < 4.78 is 6.51. The van der Waals surface area contributed by atoms with Crippen LogP contribution in [-0.2, 0) is 16.6 Å². The smallest absolute Gasteiger partial charge is 0.251 e. The van der Waals surface area contributed by atoms with E-state index in [4.69, 9.17) is 16.3 Å². The molecule has 1 aliphatic rings. The number of ketones is 2. The highest BCUT2D eigenvalue weighted by Crippen LogP contribution is 2.35. The SMILES string of the molecule is CCOCC(O)c1cn(C)c2c1C(O)=C(Cl)C(=O)C2=O. The number of ether oxygens (including phenoxy) is 1. The molecule has 1 unspecified atom stereocenters. The van der Waals surface area contributed by atoms with E-state index in [0.29, 0.717) is 12.2 Å². The Morgan fingerprint density at radius 3 is 2.65 bits per heavy atom. The molecule has 0 bridgehead atoms. The van der Waals surface area contributed by atoms with Crippen LogP contribution in [0.4, 0.5) is 0 Å². The minimum absolute atomic E-state index is 0.0139. The van der Waals surface area contributed by atoms with Crippen LogP contribution in [-0.4, -0.2) is 39.6 Å². The van der Waals surface area contributed by atoms with E-state index in [0.717, 1.165) is 0 Å². The third-order valence-electron chi connectivity index (χ3n) is 3.12. The molecule has 0 aromatic carbocycles. The maximum Gasteiger partial charge on any atom is 0.251 e. The molecule has 1 aromatic heterocycles. The molecule has 0 radical (unpaired) electrons. The van der Waals surface area contributed by atoms with E-state index in [9.17, 15) is 19.8 Å². The fraction of sp³-hybridized carbons (Fsp3) is 0.385. The number of aliphatic hydroxyl groups is 2. The van der Waals surface area contributed by atoms with E-state index in [1.54, 1.807) is 14.0 Å². The van der Waals surface area contributed by atoms with E-state index < -0.39 is 28.5 Å². The van der Waals surface area contributed by atoms with Crippen LogP contribution in [0.25, 0.3) is 5.76 Å². The Morgan fingerprint density at radius 1 is 1.40 bits per heavy atom. The number of carbonyl (C=O) groups is 2. The molecule has 2 rings (SSSR count). The van der Waals surface area contributed by atoms with Crippen LogP contribution in [0.5, 0.6) is 0 Å². The second kappa shape index (κ2) is 5.40. The van der Waals surface area contributed by atoms with Crippen molar-refractivity contribution >= 4 is 28.9 Å². The Labute approximate surface area is 120 Å². The molecule has 6 nitrogen and oxygen atoms in total. The quantitative estimate of drug-likeness (QED) is 0.819. The number of aryl methyl sites for hydroxylation is 1. The van der Waals surface area contributed by atoms with Crippen molar-refractivity contribution in [3.8, 4) is 0 Å². The van der Waals surface area contributed by atoms with Crippen molar-refractivity contribution in [2.24, 2.45) is 7.05 Å². The Bertz CT molecular complexity index is 617. The third kappa shape index (κ3) is 2.15. The highest BCUT2D eigenvalue weighted by Gasteiger charge is 2.37. The first-order chi connectivity index (χ1) is 9.40. The van der Waals surface area contributed by atoms with Gasteiger partial charge in [0.2, 0.25) is 5.78 Å². The second-order valence-electron chi connectivity index (χ2n) is 4.42. The van der Waals surface area contributed by atoms with Crippen molar-refractivity contribution in [3.05, 3.63) is 28.0 Å². The fourth-order valence-electron chi connectivity index (χ4n) is 2.17. The van der Waals surface area contributed by atoms with Gasteiger partial charge in [-0.05, 0) is 6.92 Å². The standard InChI is InChI=1S/C13H14ClNO5/c1-3-20-5-7(16)6-4-15(2)10-8(6)11(17)9(14)12(18)13(10)19/h4,7,16-17H,3,5H2,1-2H3. The number of carbonyl (C=O) groups excluding carboxylic acids is 2. The summed E-state index contributed by atoms with van der Waals surface area (Å²) in [5.74, 6) is -2.25. The lowest BCUT2D eigenvalue weighted by Gasteiger charge is -2.15. The van der Waals surface area contributed by atoms with Crippen LogP contribution in [0.15, 0.2) is 11.2 Å². The average Bonchev–Trinajstić information content (AvgIpc) is 2.77. The highest BCUT2D eigenvalue weighted by molar-refractivity contribution is 6.63. The molecule has 0 saturated heterocycles. The summed E-state index contributed by atoms with van der Waals surface area (Å²) in [7, 11) is 1.55. The predicted molar refractivity (Wildman–Crippen MR) is 71.6 cm³/mol. The maximum atomic E-state index is 11.9. The van der Waals surface area contributed by atoms with Crippen molar-refractivity contribution in [1.82, 2.24) is 4.57 Å². The number of aromatic nitrogens is 1. The molecule has 0 saturated carbocycles. The van der Waals surface area contributed by atoms with E-state index >= 15 is 0 Å². The zero-order valence-corrected chi connectivity index (χ0v) is 11.8. The normalized spacial score (nSPS) is 16.6. The Balaban J connectivity index is 2.57. The number of Topliss-reactive ketones (excluding diaryl/α,β-unsaturated/α-hetero) is 2. The summed E-state index contributed by atoms with van der Waals surface area (Å²) >= 11 is 5.67. The topological polar surface area (TPSA) is 88.8 Å². The van der Waals surface area contributed by atoms with Crippen molar-refractivity contribution < 1.29 is 24.5 Å². The van der Waals surface area contributed by atoms with Crippen molar-refractivity contribution in [3.63, 3.8) is 0 Å². The lowest BCUT2D eigenvalue weighted by atomic mass is 9.95. The van der Waals surface area contributed by atoms with Crippen LogP contribution < -0.4 is 0 Å². The van der Waals surface area contributed by atoms with Crippen molar-refractivity contribution in [2.75, 3.05) is 13.2 Å². The molecule has 0 amide bonds. The molecule has 2 N–H and O–H groups in total. The Kier molecular flexibility index (Phi) is 3.99. The first kappa shape index (κ1) is 14.8. The van der Waals surface area contributed by atoms with Gasteiger partial charge in [0.1, 0.15) is 22.6 Å². The van der Waals surface area contributed by atoms with Gasteiger partial charge in [-0.2, -0.15) is 0 Å². The predicted octanol–water partition coefficient (Wildman–Crippen LogP) is 1.33. The molecule has 1 aromatic rings. The van der Waals surface area contributed by atoms with Crippen molar-refractivity contribution in [2.45, 2.75) is 13.0 Å². The van der Waals surface area contributed by atoms with Gasteiger partial charge in [0, 0.05) is 25.4 Å². The first-order valence-corrected chi connectivity index (χ1v) is 6.41. The minimum Gasteiger partial charge on any atom is -0.506 e. The Hall–Kier alpha value is -1.63. The molecular formula is C13H14ClNO5.